The van der Waals surface area contributed by atoms with Crippen molar-refractivity contribution in [3.05, 3.63) is 48.0 Å². The normalized spacial score (nSPS) is 35.5. The first-order valence-corrected chi connectivity index (χ1v) is 5.73. The lowest BCUT2D eigenvalue weighted by Crippen LogP contribution is -2.25. The molecule has 0 amide bonds. The number of carbonyl (C=O) groups is 1. The molecule has 82 valence electrons. The minimum absolute atomic E-state index is 0.175. The Morgan fingerprint density at radius 2 is 1.81 bits per heavy atom. The highest BCUT2D eigenvalue weighted by Crippen LogP contribution is 2.52. The van der Waals surface area contributed by atoms with E-state index < -0.39 is 5.97 Å². The Morgan fingerprint density at radius 3 is 2.50 bits per heavy atom. The van der Waals surface area contributed by atoms with E-state index in [0.29, 0.717) is 5.92 Å². The van der Waals surface area contributed by atoms with Gasteiger partial charge in [-0.3, -0.25) is 4.79 Å². The second-order valence-electron chi connectivity index (χ2n) is 4.75. The maximum atomic E-state index is 11.3. The summed E-state index contributed by atoms with van der Waals surface area (Å²) in [5, 5.41) is 9.33. The third-order valence-corrected chi connectivity index (χ3v) is 3.93. The first-order chi connectivity index (χ1) is 7.77. The molecule has 0 radical (unpaired) electrons. The molecule has 4 atom stereocenters. The van der Waals surface area contributed by atoms with E-state index >= 15 is 0 Å². The number of hydrogen-bond acceptors (Lipinski definition) is 1. The van der Waals surface area contributed by atoms with Crippen molar-refractivity contribution in [2.75, 3.05) is 0 Å². The third kappa shape index (κ3) is 1.29. The summed E-state index contributed by atoms with van der Waals surface area (Å²) in [5.41, 5.74) is 1.17. The van der Waals surface area contributed by atoms with Crippen LogP contribution in [-0.2, 0) is 4.79 Å². The SMILES string of the molecule is O=C(O)[C@H]1[C@@H](c2ccccc2)[C@H]2C=C[C@@H]1C2. The van der Waals surface area contributed by atoms with Crippen molar-refractivity contribution in [1.82, 2.24) is 0 Å². The summed E-state index contributed by atoms with van der Waals surface area (Å²) in [5.74, 6) is -0.0296. The molecule has 2 heteroatoms. The molecule has 2 aliphatic carbocycles. The molecular weight excluding hydrogens is 200 g/mol. The summed E-state index contributed by atoms with van der Waals surface area (Å²) in [6.07, 6.45) is 5.29. The van der Waals surface area contributed by atoms with Gasteiger partial charge in [0.1, 0.15) is 0 Å². The van der Waals surface area contributed by atoms with Gasteiger partial charge in [0.05, 0.1) is 5.92 Å². The number of benzene rings is 1. The lowest BCUT2D eigenvalue weighted by Gasteiger charge is -2.25. The van der Waals surface area contributed by atoms with Gasteiger partial charge in [-0.2, -0.15) is 0 Å². The summed E-state index contributed by atoms with van der Waals surface area (Å²) < 4.78 is 0. The second kappa shape index (κ2) is 3.48. The molecule has 2 bridgehead atoms. The van der Waals surface area contributed by atoms with Crippen molar-refractivity contribution < 1.29 is 9.90 Å². The van der Waals surface area contributed by atoms with E-state index in [1.807, 2.05) is 18.2 Å². The number of fused-ring (bicyclic) bond motifs is 2. The van der Waals surface area contributed by atoms with Crippen LogP contribution in [0, 0.1) is 17.8 Å². The second-order valence-corrected chi connectivity index (χ2v) is 4.75. The molecule has 0 aliphatic heterocycles. The van der Waals surface area contributed by atoms with Gasteiger partial charge in [0.15, 0.2) is 0 Å². The molecule has 0 heterocycles. The Bertz CT molecular complexity index is 435. The number of aliphatic carboxylic acids is 1. The quantitative estimate of drug-likeness (QED) is 0.768. The monoisotopic (exact) mass is 214 g/mol. The average molecular weight is 214 g/mol. The molecule has 2 nitrogen and oxygen atoms in total. The van der Waals surface area contributed by atoms with Crippen molar-refractivity contribution in [2.24, 2.45) is 17.8 Å². The van der Waals surface area contributed by atoms with Crippen molar-refractivity contribution >= 4 is 5.97 Å². The fourth-order valence-electron chi connectivity index (χ4n) is 3.29. The Labute approximate surface area is 94.6 Å². The van der Waals surface area contributed by atoms with Crippen molar-refractivity contribution in [2.45, 2.75) is 12.3 Å². The third-order valence-electron chi connectivity index (χ3n) is 3.93. The van der Waals surface area contributed by atoms with Gasteiger partial charge in [0, 0.05) is 5.92 Å². The minimum Gasteiger partial charge on any atom is -0.481 e. The highest BCUT2D eigenvalue weighted by molar-refractivity contribution is 5.73. The van der Waals surface area contributed by atoms with Crippen LogP contribution >= 0.6 is 0 Å². The number of allylic oxidation sites excluding steroid dienone is 2. The van der Waals surface area contributed by atoms with Crippen LogP contribution in [0.1, 0.15) is 17.9 Å². The molecule has 1 aromatic rings. The lowest BCUT2D eigenvalue weighted by atomic mass is 9.78. The molecule has 3 rings (SSSR count). The van der Waals surface area contributed by atoms with Gasteiger partial charge < -0.3 is 5.11 Å². The van der Waals surface area contributed by atoms with Crippen LogP contribution in [0.25, 0.3) is 0 Å². The highest BCUT2D eigenvalue weighted by Gasteiger charge is 2.48. The van der Waals surface area contributed by atoms with Crippen molar-refractivity contribution in [1.29, 1.82) is 0 Å². The van der Waals surface area contributed by atoms with Crippen molar-refractivity contribution in [3.8, 4) is 0 Å². The molecule has 1 saturated carbocycles. The predicted octanol–water partition coefficient (Wildman–Crippen LogP) is 2.68. The summed E-state index contributed by atoms with van der Waals surface area (Å²) >= 11 is 0. The number of hydrogen-bond donors (Lipinski definition) is 1. The van der Waals surface area contributed by atoms with E-state index in [4.69, 9.17) is 0 Å². The summed E-state index contributed by atoms with van der Waals surface area (Å²) in [6, 6.07) is 10.1. The van der Waals surface area contributed by atoms with Crippen LogP contribution in [0.2, 0.25) is 0 Å². The molecule has 1 fully saturated rings. The predicted molar refractivity (Wildman–Crippen MR) is 61.0 cm³/mol. The van der Waals surface area contributed by atoms with E-state index in [1.54, 1.807) is 0 Å². The fourth-order valence-corrected chi connectivity index (χ4v) is 3.29. The summed E-state index contributed by atoms with van der Waals surface area (Å²) in [7, 11) is 0. The van der Waals surface area contributed by atoms with Gasteiger partial charge in [-0.1, -0.05) is 42.5 Å². The van der Waals surface area contributed by atoms with Gasteiger partial charge in [-0.25, -0.2) is 0 Å². The van der Waals surface area contributed by atoms with Crippen LogP contribution in [0.15, 0.2) is 42.5 Å². The van der Waals surface area contributed by atoms with Crippen LogP contribution in [0.3, 0.4) is 0 Å². The van der Waals surface area contributed by atoms with Crippen LogP contribution in [0.5, 0.6) is 0 Å². The molecule has 0 unspecified atom stereocenters. The maximum Gasteiger partial charge on any atom is 0.307 e. The van der Waals surface area contributed by atoms with Crippen LogP contribution < -0.4 is 0 Å². The molecule has 1 aromatic carbocycles. The van der Waals surface area contributed by atoms with Crippen molar-refractivity contribution in [3.63, 3.8) is 0 Å². The summed E-state index contributed by atoms with van der Waals surface area (Å²) in [6.45, 7) is 0. The molecule has 0 saturated heterocycles. The first-order valence-electron chi connectivity index (χ1n) is 5.73. The molecule has 16 heavy (non-hydrogen) atoms. The van der Waals surface area contributed by atoms with Crippen LogP contribution in [0.4, 0.5) is 0 Å². The Hall–Kier alpha value is -1.57. The smallest absolute Gasteiger partial charge is 0.307 e. The highest BCUT2D eigenvalue weighted by atomic mass is 16.4. The number of carboxylic acids is 1. The van der Waals surface area contributed by atoms with Gasteiger partial charge in [0.2, 0.25) is 0 Å². The average Bonchev–Trinajstić information content (AvgIpc) is 2.89. The number of rotatable bonds is 2. The zero-order chi connectivity index (χ0) is 11.1. The van der Waals surface area contributed by atoms with Gasteiger partial charge in [-0.05, 0) is 23.8 Å². The molecule has 1 N–H and O–H groups in total. The summed E-state index contributed by atoms with van der Waals surface area (Å²) in [4.78, 5) is 11.3. The van der Waals surface area contributed by atoms with Gasteiger partial charge in [-0.15, -0.1) is 0 Å². The first kappa shape index (κ1) is 9.64. The molecule has 2 aliphatic rings. The Balaban J connectivity index is 2.00. The van der Waals surface area contributed by atoms with E-state index in [9.17, 15) is 9.90 Å². The lowest BCUT2D eigenvalue weighted by molar-refractivity contribution is -0.143. The Morgan fingerprint density at radius 1 is 1.12 bits per heavy atom. The minimum atomic E-state index is -0.647. The fraction of sp³-hybridized carbons (Fsp3) is 0.357. The van der Waals surface area contributed by atoms with Crippen LogP contribution in [-0.4, -0.2) is 11.1 Å². The maximum absolute atomic E-state index is 11.3. The van der Waals surface area contributed by atoms with Gasteiger partial charge in [0.25, 0.3) is 0 Å². The topological polar surface area (TPSA) is 37.3 Å². The molecular formula is C14H14O2. The number of carboxylic acid groups (broad SMARTS) is 1. The van der Waals surface area contributed by atoms with E-state index in [0.717, 1.165) is 6.42 Å². The van der Waals surface area contributed by atoms with E-state index in [2.05, 4.69) is 24.3 Å². The zero-order valence-corrected chi connectivity index (χ0v) is 8.91. The molecule has 0 spiro atoms. The van der Waals surface area contributed by atoms with Gasteiger partial charge >= 0.3 is 5.97 Å². The standard InChI is InChI=1S/C14H14O2/c15-14(16)13-11-7-6-10(8-11)12(13)9-4-2-1-3-5-9/h1-7,10-13H,8H2,(H,15,16)/t10-,11+,12-,13+/m0/s1. The van der Waals surface area contributed by atoms with E-state index in [1.165, 1.54) is 5.56 Å². The van der Waals surface area contributed by atoms with E-state index in [-0.39, 0.29) is 17.8 Å². The largest absolute Gasteiger partial charge is 0.481 e. The zero-order valence-electron chi connectivity index (χ0n) is 8.91. The molecule has 0 aromatic heterocycles. The Kier molecular flexibility index (Phi) is 2.10.